The molecule has 186 valence electrons. The van der Waals surface area contributed by atoms with E-state index in [0.29, 0.717) is 34.5 Å². The van der Waals surface area contributed by atoms with Crippen molar-refractivity contribution in [3.8, 4) is 6.01 Å². The number of aromatic nitrogens is 4. The van der Waals surface area contributed by atoms with Crippen LogP contribution in [0.2, 0.25) is 0 Å². The number of hydrogen-bond acceptors (Lipinski definition) is 7. The van der Waals surface area contributed by atoms with E-state index in [4.69, 9.17) is 4.74 Å². The number of nitrogens with zero attached hydrogens (tertiary/aromatic N) is 5. The number of hydrogen-bond donors (Lipinski definition) is 2. The van der Waals surface area contributed by atoms with Crippen molar-refractivity contribution in [1.82, 2.24) is 24.7 Å². The normalized spacial score (nSPS) is 16.6. The Bertz CT molecular complexity index is 1460. The molecule has 10 heteroatoms. The van der Waals surface area contributed by atoms with Crippen LogP contribution in [0.4, 0.5) is 15.8 Å². The zero-order valence-electron chi connectivity index (χ0n) is 20.3. The average Bonchev–Trinajstić information content (AvgIpc) is 3.61. The van der Waals surface area contributed by atoms with Gasteiger partial charge in [0, 0.05) is 60.9 Å². The van der Waals surface area contributed by atoms with Gasteiger partial charge < -0.3 is 24.7 Å². The number of amides is 1. The summed E-state index contributed by atoms with van der Waals surface area (Å²) in [6.07, 6.45) is 9.77. The minimum absolute atomic E-state index is 0.183. The van der Waals surface area contributed by atoms with Gasteiger partial charge in [-0.3, -0.25) is 4.79 Å². The Kier molecular flexibility index (Phi) is 5.67. The molecule has 6 rings (SSSR count). The third kappa shape index (κ3) is 4.32. The molecule has 1 aliphatic heterocycles. The molecule has 1 aliphatic carbocycles. The molecule has 0 atom stereocenters. The van der Waals surface area contributed by atoms with Crippen molar-refractivity contribution in [2.24, 2.45) is 0 Å². The van der Waals surface area contributed by atoms with Crippen LogP contribution in [0.25, 0.3) is 16.6 Å². The van der Waals surface area contributed by atoms with Crippen molar-refractivity contribution in [1.29, 1.82) is 0 Å². The summed E-state index contributed by atoms with van der Waals surface area (Å²) < 4.78 is 21.4. The number of pyridine rings is 1. The molecule has 1 amide bonds. The van der Waals surface area contributed by atoms with Crippen LogP contribution < -0.4 is 20.3 Å². The van der Waals surface area contributed by atoms with Crippen LogP contribution in [-0.2, 0) is 0 Å². The smallest absolute Gasteiger partial charge is 0.316 e. The highest BCUT2D eigenvalue weighted by Gasteiger charge is 2.28. The summed E-state index contributed by atoms with van der Waals surface area (Å²) in [6, 6.07) is 6.43. The van der Waals surface area contributed by atoms with Crippen LogP contribution in [0.1, 0.15) is 41.7 Å². The predicted octanol–water partition coefficient (Wildman–Crippen LogP) is 3.71. The second-order valence-electron chi connectivity index (χ2n) is 9.60. The summed E-state index contributed by atoms with van der Waals surface area (Å²) in [5.41, 5.74) is 3.09. The minimum atomic E-state index is -0.510. The Morgan fingerprint density at radius 2 is 1.89 bits per heavy atom. The number of benzene rings is 1. The molecule has 0 spiro atoms. The first-order valence-electron chi connectivity index (χ1n) is 12.3. The lowest BCUT2D eigenvalue weighted by atomic mass is 10.0. The zero-order chi connectivity index (χ0) is 24.8. The van der Waals surface area contributed by atoms with E-state index in [-0.39, 0.29) is 11.7 Å². The summed E-state index contributed by atoms with van der Waals surface area (Å²) in [6.45, 7) is 3.62. The molecule has 0 bridgehead atoms. The fraction of sp³-hybridized carbons (Fsp3) is 0.385. The minimum Gasteiger partial charge on any atom is -0.467 e. The third-order valence-electron chi connectivity index (χ3n) is 6.90. The predicted molar refractivity (Wildman–Crippen MR) is 135 cm³/mol. The summed E-state index contributed by atoms with van der Waals surface area (Å²) in [5, 5.41) is 7.32. The van der Waals surface area contributed by atoms with Gasteiger partial charge in [-0.1, -0.05) is 0 Å². The van der Waals surface area contributed by atoms with Gasteiger partial charge in [-0.05, 0) is 44.7 Å². The molecule has 2 fully saturated rings. The van der Waals surface area contributed by atoms with Crippen LogP contribution in [0.15, 0.2) is 36.8 Å². The lowest BCUT2D eigenvalue weighted by Crippen LogP contribution is -2.43. The number of methoxy groups -OCH3 is 1. The molecule has 3 aromatic heterocycles. The monoisotopic (exact) mass is 489 g/mol. The molecular weight excluding hydrogens is 461 g/mol. The first-order chi connectivity index (χ1) is 17.5. The van der Waals surface area contributed by atoms with E-state index >= 15 is 0 Å². The molecule has 0 radical (unpaired) electrons. The summed E-state index contributed by atoms with van der Waals surface area (Å²) in [5.74, 6) is -0.903. The van der Waals surface area contributed by atoms with Gasteiger partial charge in [-0.25, -0.2) is 14.4 Å². The number of fused-ring (bicyclic) bond motifs is 2. The molecule has 4 aromatic rings. The zero-order valence-corrected chi connectivity index (χ0v) is 20.3. The van der Waals surface area contributed by atoms with E-state index in [1.54, 1.807) is 36.0 Å². The first kappa shape index (κ1) is 22.7. The van der Waals surface area contributed by atoms with Gasteiger partial charge in [0.25, 0.3) is 5.91 Å². The van der Waals surface area contributed by atoms with E-state index in [1.807, 2.05) is 6.07 Å². The Balaban J connectivity index is 1.30. The number of carbonyl (C=O) groups excluding carboxylic acids is 1. The highest BCUT2D eigenvalue weighted by molar-refractivity contribution is 6.13. The van der Waals surface area contributed by atoms with Crippen LogP contribution in [0.5, 0.6) is 6.01 Å². The molecule has 1 aromatic carbocycles. The van der Waals surface area contributed by atoms with Gasteiger partial charge >= 0.3 is 6.01 Å². The van der Waals surface area contributed by atoms with Crippen molar-refractivity contribution >= 4 is 33.8 Å². The number of piperidine rings is 1. The maximum atomic E-state index is 14.5. The Labute approximate surface area is 207 Å². The third-order valence-corrected chi connectivity index (χ3v) is 6.90. The molecule has 0 unspecified atom stereocenters. The van der Waals surface area contributed by atoms with E-state index < -0.39 is 11.7 Å². The highest BCUT2D eigenvalue weighted by atomic mass is 19.1. The van der Waals surface area contributed by atoms with Crippen molar-refractivity contribution in [2.75, 3.05) is 30.4 Å². The number of anilines is 2. The standard InChI is InChI=1S/C26H28FN7O2/c1-15-13-34-14-18(11-21(27)24(34)29-15)31-25(35)19-5-6-22(20-12-28-26(36-2)32-23(19)20)33-9-7-17(8-10-33)30-16-3-4-16/h5-6,11-14,16-17,30H,3-4,7-10H2,1-2H3,(H,31,35). The van der Waals surface area contributed by atoms with Crippen LogP contribution in [0, 0.1) is 12.7 Å². The summed E-state index contributed by atoms with van der Waals surface area (Å²) in [7, 11) is 1.49. The molecule has 4 heterocycles. The average molecular weight is 490 g/mol. The van der Waals surface area contributed by atoms with Gasteiger partial charge in [0.1, 0.15) is 0 Å². The fourth-order valence-electron chi connectivity index (χ4n) is 4.96. The SMILES string of the molecule is COc1ncc2c(N3CCC(NC4CC4)CC3)ccc(C(=O)Nc3cc(F)c4nc(C)cn4c3)c2n1. The maximum absolute atomic E-state index is 14.5. The fourth-order valence-corrected chi connectivity index (χ4v) is 4.96. The van der Waals surface area contributed by atoms with Crippen LogP contribution in [0.3, 0.4) is 0 Å². The number of aryl methyl sites for hydroxylation is 1. The van der Waals surface area contributed by atoms with Crippen molar-refractivity contribution in [2.45, 2.75) is 44.7 Å². The lowest BCUT2D eigenvalue weighted by Gasteiger charge is -2.34. The lowest BCUT2D eigenvalue weighted by molar-refractivity contribution is 0.102. The first-order valence-corrected chi connectivity index (χ1v) is 12.3. The molecule has 1 saturated carbocycles. The quantitative estimate of drug-likeness (QED) is 0.426. The van der Waals surface area contributed by atoms with Crippen molar-refractivity contribution in [3.05, 3.63) is 53.9 Å². The molecule has 1 saturated heterocycles. The molecule has 9 nitrogen and oxygen atoms in total. The summed E-state index contributed by atoms with van der Waals surface area (Å²) >= 11 is 0. The van der Waals surface area contributed by atoms with Gasteiger partial charge in [-0.15, -0.1) is 0 Å². The molecule has 2 N–H and O–H groups in total. The number of rotatable bonds is 6. The van der Waals surface area contributed by atoms with E-state index in [2.05, 4.69) is 30.5 Å². The van der Waals surface area contributed by atoms with E-state index in [9.17, 15) is 9.18 Å². The van der Waals surface area contributed by atoms with E-state index in [1.165, 1.54) is 26.0 Å². The molecular formula is C26H28FN7O2. The number of nitrogens with one attached hydrogen (secondary N) is 2. The Morgan fingerprint density at radius 3 is 2.64 bits per heavy atom. The van der Waals surface area contributed by atoms with Crippen molar-refractivity contribution < 1.29 is 13.9 Å². The van der Waals surface area contributed by atoms with Gasteiger partial charge in [0.05, 0.1) is 29.6 Å². The topological polar surface area (TPSA) is 96.7 Å². The highest BCUT2D eigenvalue weighted by Crippen LogP contribution is 2.32. The van der Waals surface area contributed by atoms with Gasteiger partial charge in [0.2, 0.25) is 0 Å². The number of halogens is 1. The van der Waals surface area contributed by atoms with Crippen LogP contribution >= 0.6 is 0 Å². The number of imidazole rings is 1. The van der Waals surface area contributed by atoms with E-state index in [0.717, 1.165) is 37.0 Å². The summed E-state index contributed by atoms with van der Waals surface area (Å²) in [4.78, 5) is 28.7. The Morgan fingerprint density at radius 1 is 1.11 bits per heavy atom. The second-order valence-corrected chi connectivity index (χ2v) is 9.60. The largest absolute Gasteiger partial charge is 0.467 e. The molecule has 36 heavy (non-hydrogen) atoms. The molecule has 2 aliphatic rings. The maximum Gasteiger partial charge on any atom is 0.316 e. The van der Waals surface area contributed by atoms with Gasteiger partial charge in [-0.2, -0.15) is 4.98 Å². The number of ether oxygens (including phenoxy) is 1. The van der Waals surface area contributed by atoms with Gasteiger partial charge in [0.15, 0.2) is 11.5 Å². The Hall–Kier alpha value is -3.79. The van der Waals surface area contributed by atoms with Crippen LogP contribution in [-0.4, -0.2) is 57.5 Å². The second kappa shape index (κ2) is 9.02. The van der Waals surface area contributed by atoms with Crippen molar-refractivity contribution in [3.63, 3.8) is 0 Å². The number of carbonyl (C=O) groups is 1.